The molecule has 0 saturated carbocycles. The van der Waals surface area contributed by atoms with Crippen LogP contribution in [0.4, 0.5) is 5.82 Å². The molecule has 13 heavy (non-hydrogen) atoms. The average molecular weight is 179 g/mol. The summed E-state index contributed by atoms with van der Waals surface area (Å²) in [4.78, 5) is 0. The molecule has 0 saturated heterocycles. The molecule has 2 aromatic rings. The van der Waals surface area contributed by atoms with Gasteiger partial charge in [0.1, 0.15) is 0 Å². The minimum atomic E-state index is 0.0543. The van der Waals surface area contributed by atoms with Crippen LogP contribution in [0.2, 0.25) is 0 Å². The molecule has 2 aromatic heterocycles. The first-order valence-electron chi connectivity index (χ1n) is 3.95. The van der Waals surface area contributed by atoms with E-state index in [4.69, 9.17) is 9.52 Å². The zero-order chi connectivity index (χ0) is 9.10. The molecule has 0 radical (unpaired) electrons. The Hall–Kier alpha value is -1.62. The Morgan fingerprint density at radius 3 is 3.31 bits per heavy atom. The summed E-state index contributed by atoms with van der Waals surface area (Å²) in [7, 11) is 0. The second-order valence-electron chi connectivity index (χ2n) is 2.55. The Morgan fingerprint density at radius 2 is 2.46 bits per heavy atom. The van der Waals surface area contributed by atoms with Crippen molar-refractivity contribution >= 4 is 16.8 Å². The van der Waals surface area contributed by atoms with Crippen molar-refractivity contribution in [2.75, 3.05) is 18.5 Å². The molecule has 0 amide bonds. The number of rotatable bonds is 3. The molecule has 0 unspecified atom stereocenters. The molecule has 0 aliphatic carbocycles. The molecule has 5 nitrogen and oxygen atoms in total. The zero-order valence-electron chi connectivity index (χ0n) is 6.90. The Balaban J connectivity index is 2.37. The SMILES string of the molecule is OCCNc1nncc2ccoc12. The molecule has 0 spiro atoms. The van der Waals surface area contributed by atoms with Crippen molar-refractivity contribution in [2.45, 2.75) is 0 Å². The summed E-state index contributed by atoms with van der Waals surface area (Å²) in [6, 6.07) is 1.81. The van der Waals surface area contributed by atoms with Gasteiger partial charge in [0.05, 0.1) is 19.1 Å². The smallest absolute Gasteiger partial charge is 0.192 e. The van der Waals surface area contributed by atoms with E-state index in [2.05, 4.69) is 15.5 Å². The molecule has 2 N–H and O–H groups in total. The van der Waals surface area contributed by atoms with E-state index < -0.39 is 0 Å². The van der Waals surface area contributed by atoms with Gasteiger partial charge in [0.2, 0.25) is 0 Å². The first kappa shape index (κ1) is 8.00. The van der Waals surface area contributed by atoms with Gasteiger partial charge in [-0.25, -0.2) is 0 Å². The van der Waals surface area contributed by atoms with Crippen molar-refractivity contribution in [3.63, 3.8) is 0 Å². The van der Waals surface area contributed by atoms with Crippen LogP contribution in [0.15, 0.2) is 22.9 Å². The first-order valence-corrected chi connectivity index (χ1v) is 3.95. The number of furan rings is 1. The number of nitrogens with one attached hydrogen (secondary N) is 1. The third-order valence-corrected chi connectivity index (χ3v) is 1.67. The first-order chi connectivity index (χ1) is 6.42. The molecule has 5 heteroatoms. The maximum absolute atomic E-state index is 8.61. The molecule has 2 rings (SSSR count). The minimum Gasteiger partial charge on any atom is -0.460 e. The van der Waals surface area contributed by atoms with Crippen LogP contribution in [0.5, 0.6) is 0 Å². The fraction of sp³-hybridized carbons (Fsp3) is 0.250. The zero-order valence-corrected chi connectivity index (χ0v) is 6.90. The third-order valence-electron chi connectivity index (χ3n) is 1.67. The van der Waals surface area contributed by atoms with Gasteiger partial charge in [-0.2, -0.15) is 5.10 Å². The molecule has 0 aliphatic heterocycles. The van der Waals surface area contributed by atoms with E-state index in [-0.39, 0.29) is 6.61 Å². The topological polar surface area (TPSA) is 71.2 Å². The lowest BCUT2D eigenvalue weighted by molar-refractivity contribution is 0.311. The van der Waals surface area contributed by atoms with E-state index in [1.807, 2.05) is 6.07 Å². The van der Waals surface area contributed by atoms with Crippen LogP contribution in [-0.4, -0.2) is 28.5 Å². The quantitative estimate of drug-likeness (QED) is 0.723. The second-order valence-corrected chi connectivity index (χ2v) is 2.55. The van der Waals surface area contributed by atoms with Crippen LogP contribution < -0.4 is 5.32 Å². The molecule has 0 aromatic carbocycles. The van der Waals surface area contributed by atoms with E-state index in [0.717, 1.165) is 5.39 Å². The summed E-state index contributed by atoms with van der Waals surface area (Å²) in [5.74, 6) is 0.566. The predicted octanol–water partition coefficient (Wildman–Crippen LogP) is 0.627. The number of anilines is 1. The largest absolute Gasteiger partial charge is 0.460 e. The van der Waals surface area contributed by atoms with Crippen molar-refractivity contribution < 1.29 is 9.52 Å². The van der Waals surface area contributed by atoms with Gasteiger partial charge in [0.25, 0.3) is 0 Å². The van der Waals surface area contributed by atoms with E-state index in [0.29, 0.717) is 17.9 Å². The number of hydrogen-bond acceptors (Lipinski definition) is 5. The molecular weight excluding hydrogens is 170 g/mol. The maximum atomic E-state index is 8.61. The summed E-state index contributed by atoms with van der Waals surface area (Å²) in [6.07, 6.45) is 3.21. The van der Waals surface area contributed by atoms with Crippen molar-refractivity contribution in [2.24, 2.45) is 0 Å². The van der Waals surface area contributed by atoms with Gasteiger partial charge in [-0.05, 0) is 6.07 Å². The highest BCUT2D eigenvalue weighted by Crippen LogP contribution is 2.19. The van der Waals surface area contributed by atoms with Gasteiger partial charge in [0, 0.05) is 11.9 Å². The van der Waals surface area contributed by atoms with Crippen LogP contribution in [0.3, 0.4) is 0 Å². The lowest BCUT2D eigenvalue weighted by Gasteiger charge is -2.01. The Morgan fingerprint density at radius 1 is 1.54 bits per heavy atom. The highest BCUT2D eigenvalue weighted by molar-refractivity contribution is 5.85. The van der Waals surface area contributed by atoms with E-state index in [1.165, 1.54) is 0 Å². The van der Waals surface area contributed by atoms with Crippen LogP contribution >= 0.6 is 0 Å². The number of aromatic nitrogens is 2. The fourth-order valence-electron chi connectivity index (χ4n) is 1.10. The number of fused-ring (bicyclic) bond motifs is 1. The second kappa shape index (κ2) is 3.40. The van der Waals surface area contributed by atoms with Gasteiger partial charge >= 0.3 is 0 Å². The van der Waals surface area contributed by atoms with Gasteiger partial charge in [0.15, 0.2) is 11.4 Å². The van der Waals surface area contributed by atoms with Gasteiger partial charge in [-0.15, -0.1) is 5.10 Å². The van der Waals surface area contributed by atoms with Crippen molar-refractivity contribution in [1.82, 2.24) is 10.2 Å². The van der Waals surface area contributed by atoms with Gasteiger partial charge < -0.3 is 14.8 Å². The van der Waals surface area contributed by atoms with Gasteiger partial charge in [-0.1, -0.05) is 0 Å². The predicted molar refractivity (Wildman–Crippen MR) is 47.4 cm³/mol. The molecule has 68 valence electrons. The molecular formula is C8H9N3O2. The molecule has 0 fully saturated rings. The van der Waals surface area contributed by atoms with Crippen LogP contribution in [-0.2, 0) is 0 Å². The summed E-state index contributed by atoms with van der Waals surface area (Å²) in [5.41, 5.74) is 0.670. The average Bonchev–Trinajstić information content (AvgIpc) is 2.62. The fourth-order valence-corrected chi connectivity index (χ4v) is 1.10. The maximum Gasteiger partial charge on any atom is 0.192 e. The van der Waals surface area contributed by atoms with Crippen LogP contribution in [0.1, 0.15) is 0 Å². The Kier molecular flexibility index (Phi) is 2.09. The summed E-state index contributed by atoms with van der Waals surface area (Å²) in [5, 5.41) is 20.0. The Bertz CT molecular complexity index is 399. The summed E-state index contributed by atoms with van der Waals surface area (Å²) < 4.78 is 5.20. The molecule has 0 bridgehead atoms. The lowest BCUT2D eigenvalue weighted by atomic mass is 10.3. The van der Waals surface area contributed by atoms with E-state index in [9.17, 15) is 0 Å². The highest BCUT2D eigenvalue weighted by Gasteiger charge is 2.04. The van der Waals surface area contributed by atoms with Crippen molar-refractivity contribution in [1.29, 1.82) is 0 Å². The summed E-state index contributed by atoms with van der Waals surface area (Å²) in [6.45, 7) is 0.493. The number of nitrogens with zero attached hydrogens (tertiary/aromatic N) is 2. The van der Waals surface area contributed by atoms with E-state index >= 15 is 0 Å². The normalized spacial score (nSPS) is 10.5. The van der Waals surface area contributed by atoms with Gasteiger partial charge in [-0.3, -0.25) is 0 Å². The van der Waals surface area contributed by atoms with Crippen LogP contribution in [0.25, 0.3) is 11.0 Å². The molecule has 0 atom stereocenters. The number of aliphatic hydroxyl groups is 1. The third kappa shape index (κ3) is 1.46. The van der Waals surface area contributed by atoms with E-state index in [1.54, 1.807) is 12.5 Å². The highest BCUT2D eigenvalue weighted by atomic mass is 16.3. The monoisotopic (exact) mass is 179 g/mol. The standard InChI is InChI=1S/C8H9N3O2/c12-3-2-9-8-7-6(1-4-13-7)5-10-11-8/h1,4-5,12H,2-3H2,(H,9,11). The number of hydrogen-bond donors (Lipinski definition) is 2. The van der Waals surface area contributed by atoms with Crippen molar-refractivity contribution in [3.05, 3.63) is 18.5 Å². The lowest BCUT2D eigenvalue weighted by Crippen LogP contribution is -2.07. The Labute approximate surface area is 74.4 Å². The molecule has 0 aliphatic rings. The molecule has 2 heterocycles. The summed E-state index contributed by atoms with van der Waals surface area (Å²) >= 11 is 0. The minimum absolute atomic E-state index is 0.0543. The van der Waals surface area contributed by atoms with Crippen molar-refractivity contribution in [3.8, 4) is 0 Å². The van der Waals surface area contributed by atoms with Crippen LogP contribution in [0, 0.1) is 0 Å². The number of aliphatic hydroxyl groups excluding tert-OH is 1.